The molecule has 0 aliphatic rings. The predicted octanol–water partition coefficient (Wildman–Crippen LogP) is 5.19. The molecular formula is C24H21NO3. The van der Waals surface area contributed by atoms with Crippen LogP contribution in [0.2, 0.25) is 0 Å². The standard InChI is InChI=1S/C24H21NO3/c1-27-19-10-8-18(9-11-19)24-22(16-26)21-14-20(28-2)12-13-23(21)25(24)15-17-6-4-3-5-7-17/h3-14,16H,15H2,1-2H3. The van der Waals surface area contributed by atoms with Crippen molar-refractivity contribution in [3.63, 3.8) is 0 Å². The first-order chi connectivity index (χ1) is 13.7. The second-order valence-electron chi connectivity index (χ2n) is 6.56. The van der Waals surface area contributed by atoms with Gasteiger partial charge in [0.2, 0.25) is 0 Å². The van der Waals surface area contributed by atoms with Crippen molar-refractivity contribution in [2.75, 3.05) is 14.2 Å². The maximum atomic E-state index is 12.1. The molecule has 1 heterocycles. The minimum Gasteiger partial charge on any atom is -0.497 e. The molecule has 0 aliphatic heterocycles. The molecule has 0 saturated carbocycles. The lowest BCUT2D eigenvalue weighted by Gasteiger charge is -2.12. The Hall–Kier alpha value is -3.53. The number of carbonyl (C=O) groups is 1. The molecule has 0 unspecified atom stereocenters. The zero-order chi connectivity index (χ0) is 19.5. The van der Waals surface area contributed by atoms with Crippen molar-refractivity contribution in [2.45, 2.75) is 6.54 Å². The van der Waals surface area contributed by atoms with Gasteiger partial charge in [-0.05, 0) is 53.6 Å². The van der Waals surface area contributed by atoms with E-state index in [9.17, 15) is 4.79 Å². The van der Waals surface area contributed by atoms with Crippen LogP contribution in [-0.4, -0.2) is 25.1 Å². The zero-order valence-corrected chi connectivity index (χ0v) is 15.9. The molecule has 4 nitrogen and oxygen atoms in total. The molecular weight excluding hydrogens is 350 g/mol. The van der Waals surface area contributed by atoms with Gasteiger partial charge in [0.1, 0.15) is 11.5 Å². The van der Waals surface area contributed by atoms with Crippen LogP contribution in [0.15, 0.2) is 72.8 Å². The third kappa shape index (κ3) is 3.14. The van der Waals surface area contributed by atoms with Gasteiger partial charge in [-0.3, -0.25) is 4.79 Å². The maximum Gasteiger partial charge on any atom is 0.152 e. The summed E-state index contributed by atoms with van der Waals surface area (Å²) in [5, 5.41) is 0.885. The lowest BCUT2D eigenvalue weighted by Crippen LogP contribution is -2.02. The number of nitrogens with zero attached hydrogens (tertiary/aromatic N) is 1. The van der Waals surface area contributed by atoms with E-state index in [2.05, 4.69) is 16.7 Å². The molecule has 0 saturated heterocycles. The van der Waals surface area contributed by atoms with Gasteiger partial charge in [-0.25, -0.2) is 0 Å². The van der Waals surface area contributed by atoms with Crippen molar-refractivity contribution in [2.24, 2.45) is 0 Å². The summed E-state index contributed by atoms with van der Waals surface area (Å²) in [5.74, 6) is 1.51. The van der Waals surface area contributed by atoms with Crippen molar-refractivity contribution >= 4 is 17.2 Å². The highest BCUT2D eigenvalue weighted by Crippen LogP contribution is 2.36. The molecule has 0 amide bonds. The fourth-order valence-electron chi connectivity index (χ4n) is 3.60. The van der Waals surface area contributed by atoms with Gasteiger partial charge < -0.3 is 14.0 Å². The highest BCUT2D eigenvalue weighted by atomic mass is 16.5. The number of aldehydes is 1. The number of ether oxygens (including phenoxy) is 2. The average Bonchev–Trinajstić information content (AvgIpc) is 3.07. The fourth-order valence-corrected chi connectivity index (χ4v) is 3.60. The van der Waals surface area contributed by atoms with E-state index >= 15 is 0 Å². The Morgan fingerprint density at radius 1 is 0.857 bits per heavy atom. The Morgan fingerprint density at radius 3 is 2.18 bits per heavy atom. The molecule has 3 aromatic carbocycles. The quantitative estimate of drug-likeness (QED) is 0.438. The van der Waals surface area contributed by atoms with Gasteiger partial charge in [0.15, 0.2) is 6.29 Å². The number of benzene rings is 3. The van der Waals surface area contributed by atoms with E-state index < -0.39 is 0 Å². The number of fused-ring (bicyclic) bond motifs is 1. The van der Waals surface area contributed by atoms with Crippen molar-refractivity contribution in [3.05, 3.63) is 83.9 Å². The molecule has 4 rings (SSSR count). The van der Waals surface area contributed by atoms with Crippen LogP contribution >= 0.6 is 0 Å². The van der Waals surface area contributed by atoms with Crippen LogP contribution < -0.4 is 9.47 Å². The van der Waals surface area contributed by atoms with E-state index in [1.165, 1.54) is 5.56 Å². The van der Waals surface area contributed by atoms with Gasteiger partial charge in [0.05, 0.1) is 19.9 Å². The van der Waals surface area contributed by atoms with Crippen LogP contribution in [0.4, 0.5) is 0 Å². The number of hydrogen-bond acceptors (Lipinski definition) is 3. The van der Waals surface area contributed by atoms with Gasteiger partial charge >= 0.3 is 0 Å². The maximum absolute atomic E-state index is 12.1. The SMILES string of the molecule is COc1ccc(-c2c(C=O)c3cc(OC)ccc3n2Cc2ccccc2)cc1. The third-order valence-electron chi connectivity index (χ3n) is 4.97. The van der Waals surface area contributed by atoms with Gasteiger partial charge in [-0.1, -0.05) is 30.3 Å². The lowest BCUT2D eigenvalue weighted by molar-refractivity contribution is 0.112. The minimum atomic E-state index is 0.662. The summed E-state index contributed by atoms with van der Waals surface area (Å²) in [6, 6.07) is 23.9. The largest absolute Gasteiger partial charge is 0.497 e. The van der Waals surface area contributed by atoms with Gasteiger partial charge in [0.25, 0.3) is 0 Å². The van der Waals surface area contributed by atoms with Gasteiger partial charge in [-0.15, -0.1) is 0 Å². The van der Waals surface area contributed by atoms with E-state index in [-0.39, 0.29) is 0 Å². The number of rotatable bonds is 6. The van der Waals surface area contributed by atoms with Crippen LogP contribution in [0.25, 0.3) is 22.2 Å². The first-order valence-corrected chi connectivity index (χ1v) is 9.09. The summed E-state index contributed by atoms with van der Waals surface area (Å²) >= 11 is 0. The molecule has 0 spiro atoms. The molecule has 1 aromatic heterocycles. The van der Waals surface area contributed by atoms with E-state index in [1.54, 1.807) is 14.2 Å². The smallest absolute Gasteiger partial charge is 0.152 e. The molecule has 0 N–H and O–H groups in total. The van der Waals surface area contributed by atoms with Crippen LogP contribution in [0, 0.1) is 0 Å². The summed E-state index contributed by atoms with van der Waals surface area (Å²) in [5.41, 5.74) is 4.69. The Morgan fingerprint density at radius 2 is 1.54 bits per heavy atom. The molecule has 4 heteroatoms. The van der Waals surface area contributed by atoms with E-state index in [0.29, 0.717) is 12.1 Å². The van der Waals surface area contributed by atoms with Gasteiger partial charge in [0, 0.05) is 23.0 Å². The normalized spacial score (nSPS) is 10.8. The van der Waals surface area contributed by atoms with E-state index in [1.807, 2.05) is 60.7 Å². The predicted molar refractivity (Wildman–Crippen MR) is 111 cm³/mol. The minimum absolute atomic E-state index is 0.662. The summed E-state index contributed by atoms with van der Waals surface area (Å²) < 4.78 is 12.9. The molecule has 0 fully saturated rings. The van der Waals surface area contributed by atoms with Crippen LogP contribution in [0.3, 0.4) is 0 Å². The monoisotopic (exact) mass is 371 g/mol. The summed E-state index contributed by atoms with van der Waals surface area (Å²) in [4.78, 5) is 12.1. The zero-order valence-electron chi connectivity index (χ0n) is 15.9. The van der Waals surface area contributed by atoms with Crippen molar-refractivity contribution in [3.8, 4) is 22.8 Å². The Balaban J connectivity index is 1.98. The first kappa shape index (κ1) is 17.9. The summed E-state index contributed by atoms with van der Waals surface area (Å²) in [6.07, 6.45) is 0.933. The summed E-state index contributed by atoms with van der Waals surface area (Å²) in [6.45, 7) is 0.666. The van der Waals surface area contributed by atoms with Crippen LogP contribution in [-0.2, 0) is 6.54 Å². The second kappa shape index (κ2) is 7.61. The molecule has 0 bridgehead atoms. The van der Waals surface area contributed by atoms with Crippen LogP contribution in [0.1, 0.15) is 15.9 Å². The number of aromatic nitrogens is 1. The van der Waals surface area contributed by atoms with Crippen molar-refractivity contribution < 1.29 is 14.3 Å². The van der Waals surface area contributed by atoms with Crippen molar-refractivity contribution in [1.82, 2.24) is 4.57 Å². The third-order valence-corrected chi connectivity index (χ3v) is 4.97. The second-order valence-corrected chi connectivity index (χ2v) is 6.56. The average molecular weight is 371 g/mol. The highest BCUT2D eigenvalue weighted by molar-refractivity contribution is 6.05. The van der Waals surface area contributed by atoms with Crippen molar-refractivity contribution in [1.29, 1.82) is 0 Å². The first-order valence-electron chi connectivity index (χ1n) is 9.09. The highest BCUT2D eigenvalue weighted by Gasteiger charge is 2.19. The Kier molecular flexibility index (Phi) is 4.85. The molecule has 0 radical (unpaired) electrons. The number of carbonyl (C=O) groups excluding carboxylic acids is 1. The molecule has 140 valence electrons. The molecule has 4 aromatic rings. The molecule has 0 atom stereocenters. The number of hydrogen-bond donors (Lipinski definition) is 0. The Bertz CT molecular complexity index is 1110. The topological polar surface area (TPSA) is 40.5 Å². The number of methoxy groups -OCH3 is 2. The van der Waals surface area contributed by atoms with Crippen LogP contribution in [0.5, 0.6) is 11.5 Å². The Labute approximate surface area is 163 Å². The van der Waals surface area contributed by atoms with Gasteiger partial charge in [-0.2, -0.15) is 0 Å². The fraction of sp³-hybridized carbons (Fsp3) is 0.125. The van der Waals surface area contributed by atoms with E-state index in [4.69, 9.17) is 9.47 Å². The molecule has 0 aliphatic carbocycles. The lowest BCUT2D eigenvalue weighted by atomic mass is 10.1. The molecule has 28 heavy (non-hydrogen) atoms. The van der Waals surface area contributed by atoms with E-state index in [0.717, 1.165) is 39.9 Å². The summed E-state index contributed by atoms with van der Waals surface area (Å²) in [7, 11) is 3.28.